The van der Waals surface area contributed by atoms with Gasteiger partial charge >= 0.3 is 12.1 Å². The van der Waals surface area contributed by atoms with Crippen molar-refractivity contribution in [2.75, 3.05) is 19.8 Å². The molecule has 0 saturated carbocycles. The molecule has 108 valence electrons. The van der Waals surface area contributed by atoms with Crippen molar-refractivity contribution in [3.05, 3.63) is 30.3 Å². The predicted molar refractivity (Wildman–Crippen MR) is 68.1 cm³/mol. The van der Waals surface area contributed by atoms with E-state index in [0.29, 0.717) is 5.75 Å². The summed E-state index contributed by atoms with van der Waals surface area (Å²) < 4.78 is 14.2. The third kappa shape index (κ3) is 6.39. The van der Waals surface area contributed by atoms with Gasteiger partial charge in [-0.3, -0.25) is 10.1 Å². The summed E-state index contributed by atoms with van der Waals surface area (Å²) in [5.74, 6) is -0.968. The summed E-state index contributed by atoms with van der Waals surface area (Å²) in [6, 6.07) is 8.69. The van der Waals surface area contributed by atoms with Gasteiger partial charge < -0.3 is 14.2 Å². The van der Waals surface area contributed by atoms with Crippen LogP contribution in [-0.4, -0.2) is 37.8 Å². The molecule has 0 unspecified atom stereocenters. The average Bonchev–Trinajstić information content (AvgIpc) is 2.44. The van der Waals surface area contributed by atoms with Gasteiger partial charge in [-0.2, -0.15) is 0 Å². The van der Waals surface area contributed by atoms with E-state index in [2.05, 4.69) is 9.47 Å². The van der Waals surface area contributed by atoms with Crippen LogP contribution in [0.15, 0.2) is 30.3 Å². The Morgan fingerprint density at radius 1 is 1.05 bits per heavy atom. The van der Waals surface area contributed by atoms with E-state index in [1.165, 1.54) is 0 Å². The van der Waals surface area contributed by atoms with Crippen LogP contribution in [0.5, 0.6) is 5.75 Å². The monoisotopic (exact) mass is 281 g/mol. The second kappa shape index (κ2) is 8.52. The molecule has 0 aliphatic carbocycles. The highest BCUT2D eigenvalue weighted by Gasteiger charge is 2.11. The number of carbonyl (C=O) groups is 3. The maximum atomic E-state index is 11.3. The normalized spacial score (nSPS) is 9.45. The highest BCUT2D eigenvalue weighted by atomic mass is 16.6. The molecule has 0 heterocycles. The van der Waals surface area contributed by atoms with Gasteiger partial charge in [-0.25, -0.2) is 9.59 Å². The number of imide groups is 1. The molecule has 1 aromatic carbocycles. The summed E-state index contributed by atoms with van der Waals surface area (Å²) in [5, 5.41) is 1.89. The number of hydrogen-bond donors (Lipinski definition) is 1. The van der Waals surface area contributed by atoms with Crippen LogP contribution in [0, 0.1) is 0 Å². The van der Waals surface area contributed by atoms with E-state index in [1.807, 2.05) is 11.4 Å². The van der Waals surface area contributed by atoms with Crippen molar-refractivity contribution in [1.29, 1.82) is 0 Å². The molecule has 0 aliphatic heterocycles. The third-order valence-electron chi connectivity index (χ3n) is 1.98. The Labute approximate surface area is 115 Å². The molecule has 0 atom stereocenters. The molecule has 0 radical (unpaired) electrons. The fourth-order valence-electron chi connectivity index (χ4n) is 1.16. The quantitative estimate of drug-likeness (QED) is 0.778. The molecule has 0 aromatic heterocycles. The average molecular weight is 281 g/mol. The minimum absolute atomic E-state index is 0.143. The van der Waals surface area contributed by atoms with Crippen molar-refractivity contribution in [1.82, 2.24) is 5.32 Å². The first-order chi connectivity index (χ1) is 9.61. The molecule has 7 heteroatoms. The van der Waals surface area contributed by atoms with Gasteiger partial charge in [0.1, 0.15) is 5.75 Å². The largest absolute Gasteiger partial charge is 0.482 e. The summed E-state index contributed by atoms with van der Waals surface area (Å²) in [4.78, 5) is 33.4. The van der Waals surface area contributed by atoms with E-state index in [4.69, 9.17) is 4.74 Å². The lowest BCUT2D eigenvalue weighted by atomic mass is 10.3. The molecular formula is C13H15NO6. The lowest BCUT2D eigenvalue weighted by Crippen LogP contribution is -2.35. The van der Waals surface area contributed by atoms with E-state index in [-0.39, 0.29) is 13.2 Å². The van der Waals surface area contributed by atoms with E-state index in [1.54, 1.807) is 31.2 Å². The summed E-state index contributed by atoms with van der Waals surface area (Å²) >= 11 is 0. The maximum absolute atomic E-state index is 11.3. The minimum atomic E-state index is -0.880. The molecule has 0 saturated heterocycles. The maximum Gasteiger partial charge on any atom is 0.413 e. The van der Waals surface area contributed by atoms with Crippen molar-refractivity contribution in [2.45, 2.75) is 6.92 Å². The number of amides is 2. The second-order valence-corrected chi connectivity index (χ2v) is 3.53. The summed E-state index contributed by atoms with van der Waals surface area (Å²) in [6.45, 7) is 0.849. The van der Waals surface area contributed by atoms with Crippen LogP contribution in [0.4, 0.5) is 4.79 Å². The van der Waals surface area contributed by atoms with Gasteiger partial charge in [-0.15, -0.1) is 0 Å². The van der Waals surface area contributed by atoms with Crippen LogP contribution < -0.4 is 10.1 Å². The van der Waals surface area contributed by atoms with E-state index in [9.17, 15) is 14.4 Å². The molecule has 1 aromatic rings. The first kappa shape index (κ1) is 15.5. The highest BCUT2D eigenvalue weighted by molar-refractivity contribution is 5.93. The van der Waals surface area contributed by atoms with Crippen LogP contribution >= 0.6 is 0 Å². The number of carbonyl (C=O) groups excluding carboxylic acids is 3. The van der Waals surface area contributed by atoms with Gasteiger partial charge in [0.15, 0.2) is 13.2 Å². The molecule has 0 aliphatic rings. The fraction of sp³-hybridized carbons (Fsp3) is 0.308. The van der Waals surface area contributed by atoms with Crippen molar-refractivity contribution < 1.29 is 28.6 Å². The standard InChI is InChI=1S/C13H15NO6/c1-2-18-13(17)14-11(15)8-20-12(16)9-19-10-6-4-3-5-7-10/h3-7H,2,8-9H2,1H3,(H,14,15,17). The number of rotatable bonds is 6. The van der Waals surface area contributed by atoms with Crippen LogP contribution in [0.2, 0.25) is 0 Å². The molecule has 2 amide bonds. The summed E-state index contributed by atoms with van der Waals surface area (Å²) in [6.07, 6.45) is -0.880. The number of esters is 1. The lowest BCUT2D eigenvalue weighted by molar-refractivity contribution is -0.150. The Hall–Kier alpha value is -2.57. The van der Waals surface area contributed by atoms with Crippen LogP contribution in [0.3, 0.4) is 0 Å². The van der Waals surface area contributed by atoms with Crippen molar-refractivity contribution in [3.63, 3.8) is 0 Å². The molecule has 1 N–H and O–H groups in total. The molecule has 7 nitrogen and oxygen atoms in total. The molecule has 0 spiro atoms. The molecule has 0 bridgehead atoms. The zero-order chi connectivity index (χ0) is 14.8. The third-order valence-corrected chi connectivity index (χ3v) is 1.98. The van der Waals surface area contributed by atoms with Crippen LogP contribution in [0.1, 0.15) is 6.92 Å². The number of alkyl carbamates (subject to hydrolysis) is 1. The van der Waals surface area contributed by atoms with Crippen molar-refractivity contribution in [2.24, 2.45) is 0 Å². The fourth-order valence-corrected chi connectivity index (χ4v) is 1.16. The first-order valence-electron chi connectivity index (χ1n) is 5.92. The lowest BCUT2D eigenvalue weighted by Gasteiger charge is -2.07. The Kier molecular flexibility index (Phi) is 6.60. The molecular weight excluding hydrogens is 266 g/mol. The highest BCUT2D eigenvalue weighted by Crippen LogP contribution is 2.07. The first-order valence-corrected chi connectivity index (χ1v) is 5.92. The molecule has 20 heavy (non-hydrogen) atoms. The number of benzene rings is 1. The van der Waals surface area contributed by atoms with Gasteiger partial charge in [-0.05, 0) is 19.1 Å². The predicted octanol–water partition coefficient (Wildman–Crippen LogP) is 0.881. The zero-order valence-electron chi connectivity index (χ0n) is 11.0. The number of para-hydroxylation sites is 1. The van der Waals surface area contributed by atoms with Gasteiger partial charge in [0, 0.05) is 0 Å². The Balaban J connectivity index is 2.19. The number of hydrogen-bond acceptors (Lipinski definition) is 6. The van der Waals surface area contributed by atoms with Crippen molar-refractivity contribution >= 4 is 18.0 Å². The Morgan fingerprint density at radius 2 is 1.75 bits per heavy atom. The van der Waals surface area contributed by atoms with E-state index < -0.39 is 24.6 Å². The van der Waals surface area contributed by atoms with Crippen LogP contribution in [0.25, 0.3) is 0 Å². The molecule has 0 fully saturated rings. The SMILES string of the molecule is CCOC(=O)NC(=O)COC(=O)COc1ccccc1. The van der Waals surface area contributed by atoms with Gasteiger partial charge in [0.2, 0.25) is 0 Å². The van der Waals surface area contributed by atoms with Crippen molar-refractivity contribution in [3.8, 4) is 5.75 Å². The Bertz CT molecular complexity index is 459. The minimum Gasteiger partial charge on any atom is -0.482 e. The smallest absolute Gasteiger partial charge is 0.413 e. The Morgan fingerprint density at radius 3 is 2.40 bits per heavy atom. The zero-order valence-corrected chi connectivity index (χ0v) is 11.0. The van der Waals surface area contributed by atoms with Gasteiger partial charge in [-0.1, -0.05) is 18.2 Å². The topological polar surface area (TPSA) is 90.9 Å². The van der Waals surface area contributed by atoms with Crippen LogP contribution in [-0.2, 0) is 19.1 Å². The summed E-state index contributed by atoms with van der Waals surface area (Å²) in [7, 11) is 0. The van der Waals surface area contributed by atoms with Gasteiger partial charge in [0.25, 0.3) is 5.91 Å². The number of nitrogens with one attached hydrogen (secondary N) is 1. The van der Waals surface area contributed by atoms with E-state index >= 15 is 0 Å². The van der Waals surface area contributed by atoms with E-state index in [0.717, 1.165) is 0 Å². The second-order valence-electron chi connectivity index (χ2n) is 3.53. The summed E-state index contributed by atoms with van der Waals surface area (Å²) in [5.41, 5.74) is 0. The number of ether oxygens (including phenoxy) is 3. The molecule has 1 rings (SSSR count). The van der Waals surface area contributed by atoms with Gasteiger partial charge in [0.05, 0.1) is 6.61 Å².